The molecule has 7 aromatic rings. The summed E-state index contributed by atoms with van der Waals surface area (Å²) < 4.78 is 2.05. The number of hydrogen-bond acceptors (Lipinski definition) is 2. The predicted molar refractivity (Wildman–Crippen MR) is 216 cm³/mol. The van der Waals surface area contributed by atoms with Gasteiger partial charge in [-0.2, -0.15) is 0 Å². The summed E-state index contributed by atoms with van der Waals surface area (Å²) in [6, 6.07) is 39.2. The van der Waals surface area contributed by atoms with Crippen LogP contribution >= 0.6 is 0 Å². The minimum Gasteiger partial charge on any atom is -0.354 e. The largest absolute Gasteiger partial charge is 0.354 e. The third-order valence-corrected chi connectivity index (χ3v) is 10.0. The fourth-order valence-electron chi connectivity index (χ4n) is 7.25. The van der Waals surface area contributed by atoms with E-state index in [0.717, 1.165) is 89.4 Å². The number of aromatic nitrogens is 5. The van der Waals surface area contributed by atoms with Crippen molar-refractivity contribution in [3.8, 4) is 44.5 Å². The number of aromatic amines is 2. The lowest BCUT2D eigenvalue weighted by Gasteiger charge is -2.07. The first-order valence-corrected chi connectivity index (χ1v) is 17.7. The van der Waals surface area contributed by atoms with Crippen LogP contribution in [0.2, 0.25) is 0 Å². The monoisotopic (exact) mass is 672 g/mol. The summed E-state index contributed by atoms with van der Waals surface area (Å²) in [5, 5.41) is 0. The maximum Gasteiger partial charge on any atom is 0.169 e. The molecule has 2 aliphatic rings. The quantitative estimate of drug-likeness (QED) is 0.183. The van der Waals surface area contributed by atoms with Crippen LogP contribution < -0.4 is 4.57 Å². The van der Waals surface area contributed by atoms with Crippen LogP contribution in [0.1, 0.15) is 39.5 Å². The van der Waals surface area contributed by atoms with Crippen LogP contribution in [-0.4, -0.2) is 19.9 Å². The summed E-state index contributed by atoms with van der Waals surface area (Å²) in [5.74, 6) is 0. The van der Waals surface area contributed by atoms with Crippen LogP contribution in [0, 0.1) is 20.8 Å². The highest BCUT2D eigenvalue weighted by Gasteiger charge is 2.20. The maximum absolute atomic E-state index is 5.39. The van der Waals surface area contributed by atoms with Gasteiger partial charge in [-0.05, 0) is 91.6 Å². The molecule has 5 nitrogen and oxygen atoms in total. The normalized spacial score (nSPS) is 12.1. The molecule has 6 heterocycles. The zero-order valence-electron chi connectivity index (χ0n) is 29.7. The van der Waals surface area contributed by atoms with Crippen molar-refractivity contribution in [2.24, 2.45) is 7.05 Å². The van der Waals surface area contributed by atoms with Gasteiger partial charge < -0.3 is 9.97 Å². The molecule has 0 atom stereocenters. The number of H-pyrrole nitrogens is 2. The first-order chi connectivity index (χ1) is 25.4. The van der Waals surface area contributed by atoms with Gasteiger partial charge in [0.25, 0.3) is 0 Å². The lowest BCUT2D eigenvalue weighted by atomic mass is 10.0. The molecule has 5 heteroatoms. The highest BCUT2D eigenvalue weighted by molar-refractivity contribution is 6.00. The van der Waals surface area contributed by atoms with Crippen molar-refractivity contribution in [1.82, 2.24) is 19.9 Å². The van der Waals surface area contributed by atoms with Crippen LogP contribution in [0.3, 0.4) is 0 Å². The number of hydrogen-bond donors (Lipinski definition) is 2. The molecule has 3 aromatic carbocycles. The third kappa shape index (κ3) is 5.66. The second kappa shape index (κ2) is 12.6. The van der Waals surface area contributed by atoms with Crippen molar-refractivity contribution < 1.29 is 4.57 Å². The number of pyridine rings is 1. The van der Waals surface area contributed by atoms with Gasteiger partial charge in [0.1, 0.15) is 7.05 Å². The minimum absolute atomic E-state index is 0.878. The Morgan fingerprint density at radius 3 is 1.06 bits per heavy atom. The first kappa shape index (κ1) is 31.4. The van der Waals surface area contributed by atoms with E-state index >= 15 is 0 Å². The molecule has 0 unspecified atom stereocenters. The Bertz CT molecular complexity index is 2580. The summed E-state index contributed by atoms with van der Waals surface area (Å²) in [6.07, 6.45) is 12.7. The van der Waals surface area contributed by atoms with Gasteiger partial charge in [0, 0.05) is 56.5 Å². The topological polar surface area (TPSA) is 61.2 Å². The lowest BCUT2D eigenvalue weighted by Crippen LogP contribution is -2.25. The Balaban J connectivity index is 1.47. The van der Waals surface area contributed by atoms with Gasteiger partial charge in [0.2, 0.25) is 0 Å². The number of benzene rings is 3. The molecule has 0 amide bonds. The third-order valence-electron chi connectivity index (χ3n) is 10.0. The van der Waals surface area contributed by atoms with Crippen LogP contribution in [0.25, 0.3) is 90.9 Å². The van der Waals surface area contributed by atoms with Gasteiger partial charge in [-0.15, -0.1) is 0 Å². The van der Waals surface area contributed by atoms with Crippen LogP contribution in [0.5, 0.6) is 0 Å². The number of nitrogens with zero attached hydrogens (tertiary/aromatic N) is 3. The van der Waals surface area contributed by atoms with E-state index in [9.17, 15) is 0 Å². The summed E-state index contributed by atoms with van der Waals surface area (Å²) in [4.78, 5) is 18.5. The average molecular weight is 673 g/mol. The van der Waals surface area contributed by atoms with Gasteiger partial charge >= 0.3 is 0 Å². The molecule has 2 N–H and O–H groups in total. The average Bonchev–Trinajstić information content (AvgIpc) is 3.99. The molecular weight excluding hydrogens is 635 g/mol. The minimum atomic E-state index is 0.878. The van der Waals surface area contributed by atoms with Crippen LogP contribution in [0.15, 0.2) is 122 Å². The Kier molecular flexibility index (Phi) is 7.62. The zero-order valence-corrected chi connectivity index (χ0v) is 29.7. The molecule has 0 radical (unpaired) electrons. The summed E-state index contributed by atoms with van der Waals surface area (Å²) in [5.41, 5.74) is 19.8. The van der Waals surface area contributed by atoms with E-state index in [4.69, 9.17) is 9.97 Å². The fraction of sp³-hybridized carbons (Fsp3) is 0.0851. The molecule has 0 fully saturated rings. The van der Waals surface area contributed by atoms with Crippen LogP contribution in [-0.2, 0) is 7.05 Å². The molecule has 52 heavy (non-hydrogen) atoms. The van der Waals surface area contributed by atoms with Crippen molar-refractivity contribution in [2.45, 2.75) is 20.8 Å². The Morgan fingerprint density at radius 1 is 0.365 bits per heavy atom. The summed E-state index contributed by atoms with van der Waals surface area (Å²) >= 11 is 0. The number of fused-ring (bicyclic) bond motifs is 8. The number of aryl methyl sites for hydroxylation is 4. The fourth-order valence-corrected chi connectivity index (χ4v) is 7.25. The SMILES string of the molecule is Cc1ccc(-c2c3nc(c(-c4cc[n+](C)cc4)c4nc(c(-c5ccc(C)cc5)c5ccc([nH]5)c(-c5ccc(C)cc5)c5ccc2[nH]5)C=C4)C=C3)cc1. The highest BCUT2D eigenvalue weighted by atomic mass is 14.9. The van der Waals surface area contributed by atoms with Crippen molar-refractivity contribution in [1.29, 1.82) is 0 Å². The molecule has 9 rings (SSSR count). The number of nitrogens with one attached hydrogen (secondary N) is 2. The van der Waals surface area contributed by atoms with Crippen molar-refractivity contribution in [2.75, 3.05) is 0 Å². The highest BCUT2D eigenvalue weighted by Crippen LogP contribution is 2.38. The summed E-state index contributed by atoms with van der Waals surface area (Å²) in [6.45, 7) is 6.37. The van der Waals surface area contributed by atoms with Crippen LogP contribution in [0.4, 0.5) is 0 Å². The second-order valence-electron chi connectivity index (χ2n) is 13.9. The van der Waals surface area contributed by atoms with E-state index in [1.807, 2.05) is 11.6 Å². The Morgan fingerprint density at radius 2 is 0.673 bits per heavy atom. The predicted octanol–water partition coefficient (Wildman–Crippen LogP) is 11.1. The smallest absolute Gasteiger partial charge is 0.169 e. The van der Waals surface area contributed by atoms with E-state index in [1.54, 1.807) is 0 Å². The standard InChI is InChI=1S/C47H37N5/c1-29-5-11-32(12-6-29)44-36-17-19-38(48-36)45(33-13-7-30(2)8-14-33)40-21-23-42(50-40)47(35-25-27-52(4)28-26-35)43-24-22-41(51-43)46(39-20-18-37(44)49-39)34-15-9-31(3)10-16-34/h5-28H,1-4H3,(H,48,49,50,51)/p+1. The molecule has 0 saturated heterocycles. The Labute approximate surface area is 303 Å². The molecule has 4 aromatic heterocycles. The zero-order chi connectivity index (χ0) is 35.3. The number of rotatable bonds is 4. The summed E-state index contributed by atoms with van der Waals surface area (Å²) in [7, 11) is 2.04. The van der Waals surface area contributed by atoms with Crippen molar-refractivity contribution in [3.63, 3.8) is 0 Å². The molecule has 250 valence electrons. The molecule has 8 bridgehead atoms. The second-order valence-corrected chi connectivity index (χ2v) is 13.9. The lowest BCUT2D eigenvalue weighted by molar-refractivity contribution is -0.671. The van der Waals surface area contributed by atoms with Gasteiger partial charge in [-0.1, -0.05) is 89.5 Å². The molecule has 0 aliphatic carbocycles. The van der Waals surface area contributed by atoms with Gasteiger partial charge in [0.15, 0.2) is 12.4 Å². The molecule has 2 aliphatic heterocycles. The molecule has 0 spiro atoms. The van der Waals surface area contributed by atoms with Crippen molar-refractivity contribution >= 4 is 46.4 Å². The van der Waals surface area contributed by atoms with E-state index in [0.29, 0.717) is 0 Å². The van der Waals surface area contributed by atoms with Gasteiger partial charge in [-0.3, -0.25) is 0 Å². The van der Waals surface area contributed by atoms with E-state index in [1.165, 1.54) is 16.7 Å². The molecular formula is C47H38N5+. The van der Waals surface area contributed by atoms with E-state index < -0.39 is 0 Å². The molecule has 0 saturated carbocycles. The van der Waals surface area contributed by atoms with Gasteiger partial charge in [-0.25, -0.2) is 14.5 Å². The maximum atomic E-state index is 5.39. The van der Waals surface area contributed by atoms with E-state index in [2.05, 4.69) is 177 Å². The van der Waals surface area contributed by atoms with Gasteiger partial charge in [0.05, 0.1) is 22.8 Å². The van der Waals surface area contributed by atoms with Crippen molar-refractivity contribution in [3.05, 3.63) is 161 Å². The van der Waals surface area contributed by atoms with E-state index in [-0.39, 0.29) is 0 Å². The first-order valence-electron chi connectivity index (χ1n) is 17.7. The Hall–Kier alpha value is -6.59.